The van der Waals surface area contributed by atoms with Gasteiger partial charge < -0.3 is 5.32 Å². The van der Waals surface area contributed by atoms with E-state index in [2.05, 4.69) is 22.4 Å². The predicted octanol–water partition coefficient (Wildman–Crippen LogP) is 3.38. The summed E-state index contributed by atoms with van der Waals surface area (Å²) in [6.07, 6.45) is 9.84. The standard InChI is InChI=1S/C16H25N3O/c1-2-3-5-11-6-4-7-13(11)17-16(20)15-10-14(18-19-15)12-8-9-12/h10-13H,2-9H2,1H3,(H,17,20)(H,18,19). The number of nitrogens with zero attached hydrogens (tertiary/aromatic N) is 1. The third-order valence-electron chi connectivity index (χ3n) is 4.75. The summed E-state index contributed by atoms with van der Waals surface area (Å²) in [5, 5.41) is 10.4. The second kappa shape index (κ2) is 5.98. The molecule has 0 spiro atoms. The zero-order chi connectivity index (χ0) is 13.9. The average molecular weight is 275 g/mol. The highest BCUT2D eigenvalue weighted by atomic mass is 16.2. The van der Waals surface area contributed by atoms with Crippen LogP contribution in [0.25, 0.3) is 0 Å². The van der Waals surface area contributed by atoms with Crippen molar-refractivity contribution in [1.82, 2.24) is 15.5 Å². The summed E-state index contributed by atoms with van der Waals surface area (Å²) >= 11 is 0. The molecule has 2 saturated carbocycles. The van der Waals surface area contributed by atoms with Gasteiger partial charge in [-0.05, 0) is 44.1 Å². The Labute approximate surface area is 120 Å². The van der Waals surface area contributed by atoms with Crippen molar-refractivity contribution in [2.75, 3.05) is 0 Å². The number of amides is 1. The number of hydrogen-bond donors (Lipinski definition) is 2. The van der Waals surface area contributed by atoms with Gasteiger partial charge in [0.1, 0.15) is 5.69 Å². The summed E-state index contributed by atoms with van der Waals surface area (Å²) in [7, 11) is 0. The van der Waals surface area contributed by atoms with Crippen molar-refractivity contribution in [3.8, 4) is 0 Å². The summed E-state index contributed by atoms with van der Waals surface area (Å²) in [6, 6.07) is 2.29. The largest absolute Gasteiger partial charge is 0.348 e. The van der Waals surface area contributed by atoms with Crippen molar-refractivity contribution in [3.63, 3.8) is 0 Å². The van der Waals surface area contributed by atoms with Crippen LogP contribution in [0.1, 0.15) is 80.4 Å². The second-order valence-electron chi connectivity index (χ2n) is 6.40. The lowest BCUT2D eigenvalue weighted by Crippen LogP contribution is -2.37. The van der Waals surface area contributed by atoms with Crippen LogP contribution < -0.4 is 5.32 Å². The Morgan fingerprint density at radius 3 is 3.00 bits per heavy atom. The van der Waals surface area contributed by atoms with Gasteiger partial charge in [-0.15, -0.1) is 0 Å². The topological polar surface area (TPSA) is 57.8 Å². The molecule has 4 heteroatoms. The number of aromatic amines is 1. The molecule has 110 valence electrons. The van der Waals surface area contributed by atoms with Crippen molar-refractivity contribution < 1.29 is 4.79 Å². The van der Waals surface area contributed by atoms with E-state index in [1.165, 1.54) is 44.9 Å². The summed E-state index contributed by atoms with van der Waals surface area (Å²) in [4.78, 5) is 12.3. The van der Waals surface area contributed by atoms with Crippen LogP contribution in [0.15, 0.2) is 6.07 Å². The maximum atomic E-state index is 12.3. The first-order chi connectivity index (χ1) is 9.78. The first kappa shape index (κ1) is 13.7. The number of nitrogens with one attached hydrogen (secondary N) is 2. The molecule has 2 aliphatic rings. The predicted molar refractivity (Wildman–Crippen MR) is 78.7 cm³/mol. The Morgan fingerprint density at radius 1 is 1.40 bits per heavy atom. The molecule has 0 bridgehead atoms. The van der Waals surface area contributed by atoms with Crippen molar-refractivity contribution in [3.05, 3.63) is 17.5 Å². The average Bonchev–Trinajstić information content (AvgIpc) is 3.01. The van der Waals surface area contributed by atoms with Crippen LogP contribution in [-0.2, 0) is 0 Å². The summed E-state index contributed by atoms with van der Waals surface area (Å²) in [5.74, 6) is 1.29. The van der Waals surface area contributed by atoms with Gasteiger partial charge in [-0.2, -0.15) is 5.10 Å². The van der Waals surface area contributed by atoms with Crippen molar-refractivity contribution >= 4 is 5.91 Å². The van der Waals surface area contributed by atoms with E-state index in [-0.39, 0.29) is 5.91 Å². The van der Waals surface area contributed by atoms with Gasteiger partial charge in [0.05, 0.1) is 0 Å². The minimum Gasteiger partial charge on any atom is -0.348 e. The Morgan fingerprint density at radius 2 is 2.25 bits per heavy atom. The van der Waals surface area contributed by atoms with Crippen LogP contribution in [0.3, 0.4) is 0 Å². The molecule has 2 aliphatic carbocycles. The molecule has 1 amide bonds. The van der Waals surface area contributed by atoms with E-state index in [4.69, 9.17) is 0 Å². The second-order valence-corrected chi connectivity index (χ2v) is 6.40. The minimum absolute atomic E-state index is 0.00143. The van der Waals surface area contributed by atoms with Crippen LogP contribution in [-0.4, -0.2) is 22.1 Å². The van der Waals surface area contributed by atoms with Crippen LogP contribution in [0.4, 0.5) is 0 Å². The van der Waals surface area contributed by atoms with Crippen LogP contribution in [0.2, 0.25) is 0 Å². The van der Waals surface area contributed by atoms with Gasteiger partial charge in [0.2, 0.25) is 0 Å². The lowest BCUT2D eigenvalue weighted by atomic mass is 9.96. The van der Waals surface area contributed by atoms with E-state index < -0.39 is 0 Å². The fourth-order valence-electron chi connectivity index (χ4n) is 3.34. The highest BCUT2D eigenvalue weighted by Crippen LogP contribution is 2.39. The maximum Gasteiger partial charge on any atom is 0.272 e. The molecule has 0 saturated heterocycles. The summed E-state index contributed by atoms with van der Waals surface area (Å²) < 4.78 is 0. The molecule has 0 radical (unpaired) electrons. The van der Waals surface area contributed by atoms with Crippen LogP contribution >= 0.6 is 0 Å². The number of unbranched alkanes of at least 4 members (excludes halogenated alkanes) is 1. The van der Waals surface area contributed by atoms with Gasteiger partial charge in [-0.1, -0.05) is 26.2 Å². The van der Waals surface area contributed by atoms with Gasteiger partial charge >= 0.3 is 0 Å². The molecule has 1 aromatic heterocycles. The van der Waals surface area contributed by atoms with Gasteiger partial charge in [-0.3, -0.25) is 9.89 Å². The number of rotatable bonds is 6. The Kier molecular flexibility index (Phi) is 4.08. The van der Waals surface area contributed by atoms with Crippen molar-refractivity contribution in [2.45, 2.75) is 70.3 Å². The van der Waals surface area contributed by atoms with E-state index >= 15 is 0 Å². The summed E-state index contributed by atoms with van der Waals surface area (Å²) in [6.45, 7) is 2.23. The zero-order valence-corrected chi connectivity index (χ0v) is 12.3. The number of H-pyrrole nitrogens is 1. The molecular formula is C16H25N3O. The van der Waals surface area contributed by atoms with E-state index in [1.54, 1.807) is 0 Å². The SMILES string of the molecule is CCCCC1CCCC1NC(=O)c1cc(C2CC2)[nH]n1. The fourth-order valence-corrected chi connectivity index (χ4v) is 3.34. The molecule has 2 N–H and O–H groups in total. The lowest BCUT2D eigenvalue weighted by molar-refractivity contribution is 0.0921. The van der Waals surface area contributed by atoms with E-state index in [0.717, 1.165) is 12.1 Å². The van der Waals surface area contributed by atoms with E-state index in [1.807, 2.05) is 6.07 Å². The molecule has 0 aromatic carbocycles. The molecule has 3 rings (SSSR count). The zero-order valence-electron chi connectivity index (χ0n) is 12.3. The molecule has 1 heterocycles. The van der Waals surface area contributed by atoms with Crippen molar-refractivity contribution in [1.29, 1.82) is 0 Å². The highest BCUT2D eigenvalue weighted by Gasteiger charge is 2.30. The van der Waals surface area contributed by atoms with Gasteiger partial charge in [0, 0.05) is 17.7 Å². The molecular weight excluding hydrogens is 250 g/mol. The molecule has 2 fully saturated rings. The third-order valence-corrected chi connectivity index (χ3v) is 4.75. The number of carbonyl (C=O) groups excluding carboxylic acids is 1. The highest BCUT2D eigenvalue weighted by molar-refractivity contribution is 5.92. The summed E-state index contributed by atoms with van der Waals surface area (Å²) in [5.41, 5.74) is 1.69. The number of carbonyl (C=O) groups is 1. The smallest absolute Gasteiger partial charge is 0.272 e. The Hall–Kier alpha value is -1.32. The molecule has 20 heavy (non-hydrogen) atoms. The molecule has 0 aliphatic heterocycles. The van der Waals surface area contributed by atoms with Crippen molar-refractivity contribution in [2.24, 2.45) is 5.92 Å². The lowest BCUT2D eigenvalue weighted by Gasteiger charge is -2.20. The minimum atomic E-state index is 0.00143. The van der Waals surface area contributed by atoms with E-state index in [0.29, 0.717) is 23.6 Å². The quantitative estimate of drug-likeness (QED) is 0.836. The van der Waals surface area contributed by atoms with Crippen LogP contribution in [0.5, 0.6) is 0 Å². The fraction of sp³-hybridized carbons (Fsp3) is 0.750. The molecule has 1 aromatic rings. The maximum absolute atomic E-state index is 12.3. The molecule has 2 atom stereocenters. The first-order valence-corrected chi connectivity index (χ1v) is 8.14. The number of aromatic nitrogens is 2. The number of hydrogen-bond acceptors (Lipinski definition) is 2. The van der Waals surface area contributed by atoms with Gasteiger partial charge in [-0.25, -0.2) is 0 Å². The monoisotopic (exact) mass is 275 g/mol. The van der Waals surface area contributed by atoms with Gasteiger partial charge in [0.25, 0.3) is 5.91 Å². The van der Waals surface area contributed by atoms with Gasteiger partial charge in [0.15, 0.2) is 0 Å². The Bertz CT molecular complexity index is 464. The van der Waals surface area contributed by atoms with E-state index in [9.17, 15) is 4.79 Å². The molecule has 2 unspecified atom stereocenters. The Balaban J connectivity index is 1.56. The normalized spacial score (nSPS) is 25.9. The first-order valence-electron chi connectivity index (χ1n) is 8.14. The van der Waals surface area contributed by atoms with Crippen LogP contribution in [0, 0.1) is 5.92 Å². The third kappa shape index (κ3) is 3.05. The molecule has 4 nitrogen and oxygen atoms in total.